The second kappa shape index (κ2) is 4.71. The van der Waals surface area contributed by atoms with Gasteiger partial charge in [-0.15, -0.1) is 0 Å². The molecule has 0 aromatic heterocycles. The smallest absolute Gasteiger partial charge is 0.322 e. The molecule has 3 heteroatoms. The third-order valence-corrected chi connectivity index (χ3v) is 3.54. The van der Waals surface area contributed by atoms with Crippen LogP contribution in [0.1, 0.15) is 32.1 Å². The van der Waals surface area contributed by atoms with E-state index < -0.39 is 0 Å². The molecule has 0 aliphatic heterocycles. The molecule has 1 rings (SSSR count). The molecule has 1 unspecified atom stereocenters. The van der Waals surface area contributed by atoms with Crippen LogP contribution in [0.4, 0.5) is 4.79 Å². The van der Waals surface area contributed by atoms with Crippen molar-refractivity contribution >= 4 is 14.3 Å². The lowest BCUT2D eigenvalue weighted by Gasteiger charge is -2.19. The van der Waals surface area contributed by atoms with E-state index >= 15 is 0 Å². The second-order valence-electron chi connectivity index (χ2n) is 2.97. The van der Waals surface area contributed by atoms with E-state index in [0.29, 0.717) is 14.2 Å². The SMILES string of the molecule is COC(=O)PC1CCCCC1. The lowest BCUT2D eigenvalue weighted by atomic mass is 10.0. The van der Waals surface area contributed by atoms with Gasteiger partial charge in [0.05, 0.1) is 7.11 Å². The molecule has 11 heavy (non-hydrogen) atoms. The highest BCUT2D eigenvalue weighted by molar-refractivity contribution is 7.57. The molecule has 0 N–H and O–H groups in total. The van der Waals surface area contributed by atoms with Gasteiger partial charge in [0.25, 0.3) is 0 Å². The van der Waals surface area contributed by atoms with Gasteiger partial charge in [-0.05, 0) is 27.1 Å². The van der Waals surface area contributed by atoms with Crippen LogP contribution in [0.5, 0.6) is 0 Å². The summed E-state index contributed by atoms with van der Waals surface area (Å²) in [6.45, 7) is 0. The fourth-order valence-corrected chi connectivity index (χ4v) is 2.62. The molecule has 0 aromatic rings. The van der Waals surface area contributed by atoms with Crippen molar-refractivity contribution in [3.63, 3.8) is 0 Å². The maximum absolute atomic E-state index is 10.9. The highest BCUT2D eigenvalue weighted by atomic mass is 31.1. The van der Waals surface area contributed by atoms with E-state index in [1.807, 2.05) is 0 Å². The minimum absolute atomic E-state index is 0.0168. The summed E-state index contributed by atoms with van der Waals surface area (Å²) < 4.78 is 4.63. The van der Waals surface area contributed by atoms with Crippen molar-refractivity contribution in [2.75, 3.05) is 7.11 Å². The number of carbonyl (C=O) groups excluding carboxylic acids is 1. The summed E-state index contributed by atoms with van der Waals surface area (Å²) in [5.41, 5.74) is 0.619. The molecule has 0 heterocycles. The first kappa shape index (κ1) is 8.99. The van der Waals surface area contributed by atoms with Crippen LogP contribution in [0.25, 0.3) is 0 Å². The first-order valence-corrected chi connectivity index (χ1v) is 5.25. The number of carbonyl (C=O) groups is 1. The molecule has 1 aliphatic rings. The molecular formula is C8H15O2P. The fourth-order valence-electron chi connectivity index (χ4n) is 1.47. The van der Waals surface area contributed by atoms with Gasteiger partial charge in [-0.2, -0.15) is 0 Å². The maximum atomic E-state index is 10.9. The Morgan fingerprint density at radius 3 is 2.55 bits per heavy atom. The van der Waals surface area contributed by atoms with E-state index in [-0.39, 0.29) is 5.71 Å². The second-order valence-corrected chi connectivity index (χ2v) is 4.48. The molecule has 0 spiro atoms. The van der Waals surface area contributed by atoms with Gasteiger partial charge in [0.1, 0.15) is 0 Å². The molecule has 0 aromatic carbocycles. The molecular weight excluding hydrogens is 159 g/mol. The zero-order chi connectivity index (χ0) is 8.10. The average Bonchev–Trinajstić information content (AvgIpc) is 2.06. The maximum Gasteiger partial charge on any atom is 0.322 e. The van der Waals surface area contributed by atoms with Crippen LogP contribution in [0.3, 0.4) is 0 Å². The monoisotopic (exact) mass is 174 g/mol. The minimum Gasteiger partial charge on any atom is -0.466 e. The molecule has 1 aliphatic carbocycles. The Morgan fingerprint density at radius 2 is 2.00 bits per heavy atom. The van der Waals surface area contributed by atoms with Crippen LogP contribution >= 0.6 is 8.58 Å². The van der Waals surface area contributed by atoms with Crippen LogP contribution < -0.4 is 0 Å². The zero-order valence-electron chi connectivity index (χ0n) is 6.93. The number of methoxy groups -OCH3 is 1. The van der Waals surface area contributed by atoms with E-state index in [1.54, 1.807) is 0 Å². The van der Waals surface area contributed by atoms with E-state index in [4.69, 9.17) is 0 Å². The van der Waals surface area contributed by atoms with Gasteiger partial charge in [0, 0.05) is 0 Å². The summed E-state index contributed by atoms with van der Waals surface area (Å²) in [7, 11) is 1.86. The lowest BCUT2D eigenvalue weighted by molar-refractivity contribution is 0.199. The van der Waals surface area contributed by atoms with Gasteiger partial charge in [-0.1, -0.05) is 19.3 Å². The van der Waals surface area contributed by atoms with Gasteiger partial charge in [-0.3, -0.25) is 0 Å². The van der Waals surface area contributed by atoms with Crippen LogP contribution in [0.15, 0.2) is 0 Å². The number of ether oxygens (including phenoxy) is 1. The van der Waals surface area contributed by atoms with Crippen molar-refractivity contribution in [3.05, 3.63) is 0 Å². The molecule has 1 fully saturated rings. The summed E-state index contributed by atoms with van der Waals surface area (Å²) >= 11 is 0. The summed E-state index contributed by atoms with van der Waals surface area (Å²) in [4.78, 5) is 10.9. The fraction of sp³-hybridized carbons (Fsp3) is 0.875. The number of rotatable bonds is 2. The van der Waals surface area contributed by atoms with Crippen LogP contribution in [0, 0.1) is 0 Å². The predicted molar refractivity (Wildman–Crippen MR) is 47.6 cm³/mol. The third-order valence-electron chi connectivity index (χ3n) is 2.11. The van der Waals surface area contributed by atoms with Crippen molar-refractivity contribution in [1.29, 1.82) is 0 Å². The quantitative estimate of drug-likeness (QED) is 0.601. The standard InChI is InChI=1S/C8H15O2P/c1-10-8(9)11-7-5-3-2-4-6-7/h7,11H,2-6H2,1H3. The number of hydrogen-bond donors (Lipinski definition) is 0. The van der Waals surface area contributed by atoms with Crippen molar-refractivity contribution in [2.24, 2.45) is 0 Å². The van der Waals surface area contributed by atoms with E-state index in [9.17, 15) is 4.79 Å². The van der Waals surface area contributed by atoms with Crippen molar-refractivity contribution in [1.82, 2.24) is 0 Å². The Labute approximate surface area is 69.5 Å². The topological polar surface area (TPSA) is 26.3 Å². The van der Waals surface area contributed by atoms with Gasteiger partial charge in [-0.25, -0.2) is 4.79 Å². The zero-order valence-corrected chi connectivity index (χ0v) is 7.93. The Balaban J connectivity index is 2.19. The van der Waals surface area contributed by atoms with Gasteiger partial charge >= 0.3 is 5.71 Å². The van der Waals surface area contributed by atoms with Crippen LogP contribution in [-0.2, 0) is 4.74 Å². The predicted octanol–water partition coefficient (Wildman–Crippen LogP) is 2.76. The van der Waals surface area contributed by atoms with E-state index in [0.717, 1.165) is 0 Å². The molecule has 1 atom stereocenters. The molecule has 0 bridgehead atoms. The summed E-state index contributed by atoms with van der Waals surface area (Å²) in [6, 6.07) is 0. The molecule has 0 radical (unpaired) electrons. The minimum atomic E-state index is -0.0168. The van der Waals surface area contributed by atoms with Crippen LogP contribution in [-0.4, -0.2) is 18.5 Å². The molecule has 2 nitrogen and oxygen atoms in total. The van der Waals surface area contributed by atoms with E-state index in [1.165, 1.54) is 39.2 Å². The van der Waals surface area contributed by atoms with Crippen molar-refractivity contribution in [2.45, 2.75) is 37.8 Å². The highest BCUT2D eigenvalue weighted by Crippen LogP contribution is 2.33. The lowest BCUT2D eigenvalue weighted by Crippen LogP contribution is -2.09. The Bertz CT molecular complexity index is 130. The van der Waals surface area contributed by atoms with Gasteiger partial charge in [0.2, 0.25) is 0 Å². The third kappa shape index (κ3) is 3.20. The molecule has 0 saturated heterocycles. The number of hydrogen-bond acceptors (Lipinski definition) is 2. The first-order valence-electron chi connectivity index (χ1n) is 4.17. The summed E-state index contributed by atoms with van der Waals surface area (Å²) in [6.07, 6.45) is 6.41. The molecule has 1 saturated carbocycles. The van der Waals surface area contributed by atoms with Crippen molar-refractivity contribution < 1.29 is 9.53 Å². The Morgan fingerprint density at radius 1 is 1.36 bits per heavy atom. The van der Waals surface area contributed by atoms with Gasteiger partial charge in [0.15, 0.2) is 0 Å². The summed E-state index contributed by atoms with van der Waals surface area (Å²) in [5.74, 6) is 0. The van der Waals surface area contributed by atoms with Crippen molar-refractivity contribution in [3.8, 4) is 0 Å². The van der Waals surface area contributed by atoms with E-state index in [2.05, 4.69) is 4.74 Å². The Hall–Kier alpha value is -0.100. The summed E-state index contributed by atoms with van der Waals surface area (Å²) in [5, 5.41) is 0. The van der Waals surface area contributed by atoms with Gasteiger partial charge < -0.3 is 4.74 Å². The van der Waals surface area contributed by atoms with Crippen LogP contribution in [0.2, 0.25) is 0 Å². The first-order chi connectivity index (χ1) is 5.33. The Kier molecular flexibility index (Phi) is 3.85. The normalized spacial score (nSPS) is 20.8. The molecule has 64 valence electrons. The highest BCUT2D eigenvalue weighted by Gasteiger charge is 2.16. The largest absolute Gasteiger partial charge is 0.466 e. The molecule has 0 amide bonds. The average molecular weight is 174 g/mol.